The Morgan fingerprint density at radius 2 is 1.87 bits per heavy atom. The van der Waals surface area contributed by atoms with Gasteiger partial charge in [0.05, 0.1) is 5.92 Å². The number of rotatable bonds is 6. The largest absolute Gasteiger partial charge is 0.481 e. The molecule has 0 radical (unpaired) electrons. The fourth-order valence-corrected chi connectivity index (χ4v) is 2.46. The van der Waals surface area contributed by atoms with Crippen molar-refractivity contribution in [3.63, 3.8) is 0 Å². The minimum Gasteiger partial charge on any atom is -0.481 e. The molecule has 0 aliphatic carbocycles. The summed E-state index contributed by atoms with van der Waals surface area (Å²) in [6.07, 6.45) is 0.168. The van der Waals surface area contributed by atoms with Gasteiger partial charge in [-0.05, 0) is 12.3 Å². The van der Waals surface area contributed by atoms with Crippen LogP contribution in [0, 0.1) is 17.2 Å². The van der Waals surface area contributed by atoms with Crippen LogP contribution in [-0.4, -0.2) is 32.5 Å². The van der Waals surface area contributed by atoms with E-state index in [4.69, 9.17) is 10.5 Å². The van der Waals surface area contributed by atoms with E-state index in [1.807, 2.05) is 13.8 Å². The number of nitrogens with one attached hydrogen (secondary N) is 1. The van der Waals surface area contributed by atoms with E-state index in [1.54, 1.807) is 0 Å². The van der Waals surface area contributed by atoms with E-state index < -0.39 is 19.6 Å². The van der Waals surface area contributed by atoms with Crippen molar-refractivity contribution in [1.29, 1.82) is 5.41 Å². The van der Waals surface area contributed by atoms with Crippen molar-refractivity contribution in [1.82, 2.24) is 0 Å². The molecule has 0 aliphatic heterocycles. The highest BCUT2D eigenvalue weighted by atomic mass is 31.2. The molecule has 0 bridgehead atoms. The van der Waals surface area contributed by atoms with Crippen molar-refractivity contribution < 1.29 is 19.7 Å². The lowest BCUT2D eigenvalue weighted by Crippen LogP contribution is -2.23. The van der Waals surface area contributed by atoms with Crippen molar-refractivity contribution in [2.75, 3.05) is 6.16 Å². The Morgan fingerprint density at radius 3 is 2.13 bits per heavy atom. The van der Waals surface area contributed by atoms with Gasteiger partial charge < -0.3 is 5.11 Å². The highest BCUT2D eigenvalue weighted by Crippen LogP contribution is 2.52. The van der Waals surface area contributed by atoms with E-state index in [2.05, 4.69) is 0 Å². The predicted octanol–water partition coefficient (Wildman–Crippen LogP) is 1.56. The molecule has 0 amide bonds. The Labute approximate surface area is 90.1 Å². The van der Waals surface area contributed by atoms with Crippen molar-refractivity contribution in [2.45, 2.75) is 27.2 Å². The van der Waals surface area contributed by atoms with Crippen LogP contribution in [0.3, 0.4) is 0 Å². The van der Waals surface area contributed by atoms with E-state index >= 15 is 0 Å². The van der Waals surface area contributed by atoms with Gasteiger partial charge in [-0.15, -0.1) is 0 Å². The molecule has 6 heteroatoms. The fraction of sp³-hybridized carbons (Fsp3) is 0.778. The predicted molar refractivity (Wildman–Crippen MR) is 60.2 cm³/mol. The molecule has 4 N–H and O–H groups in total. The second-order valence-electron chi connectivity index (χ2n) is 4.16. The summed E-state index contributed by atoms with van der Waals surface area (Å²) in [7, 11) is -3.48. The number of carbonyl (C=O) groups is 1. The van der Waals surface area contributed by atoms with E-state index in [1.165, 1.54) is 6.92 Å². The van der Waals surface area contributed by atoms with Crippen LogP contribution in [0.1, 0.15) is 27.2 Å². The minimum absolute atomic E-state index is 0.178. The molecule has 0 aliphatic rings. The summed E-state index contributed by atoms with van der Waals surface area (Å²) in [6, 6.07) is 0. The molecule has 0 aromatic carbocycles. The molecule has 0 aromatic rings. The van der Waals surface area contributed by atoms with Gasteiger partial charge in [0.2, 0.25) is 5.45 Å². The third-order valence-corrected chi connectivity index (χ3v) is 4.14. The minimum atomic E-state index is -3.48. The number of hydrogen-bond acceptors (Lipinski definition) is 4. The standard InChI is InChI=1S/C9H18NO4P/c1-6(2)4-8(9(11)12)5-15(13,14)7(3)10/h6,8,10,13-14H,4-5H2,1-3H3/p+1. The van der Waals surface area contributed by atoms with Crippen LogP contribution in [0.5, 0.6) is 0 Å². The average Bonchev–Trinajstić information content (AvgIpc) is 2.01. The molecule has 88 valence electrons. The van der Waals surface area contributed by atoms with Crippen LogP contribution in [0.25, 0.3) is 0 Å². The molecule has 1 unspecified atom stereocenters. The molecule has 1 atom stereocenters. The van der Waals surface area contributed by atoms with E-state index in [0.717, 1.165) is 0 Å². The van der Waals surface area contributed by atoms with Gasteiger partial charge >= 0.3 is 13.7 Å². The van der Waals surface area contributed by atoms with Gasteiger partial charge in [0.25, 0.3) is 0 Å². The van der Waals surface area contributed by atoms with Crippen molar-refractivity contribution >= 4 is 19.1 Å². The van der Waals surface area contributed by atoms with Crippen LogP contribution in [0.15, 0.2) is 0 Å². The highest BCUT2D eigenvalue weighted by molar-refractivity contribution is 7.81. The van der Waals surface area contributed by atoms with Crippen LogP contribution in [0.2, 0.25) is 0 Å². The normalized spacial score (nSPS) is 14.0. The van der Waals surface area contributed by atoms with Gasteiger partial charge in [-0.25, -0.2) is 9.79 Å². The lowest BCUT2D eigenvalue weighted by molar-refractivity contribution is -0.141. The van der Waals surface area contributed by atoms with Crippen molar-refractivity contribution in [3.8, 4) is 0 Å². The number of carboxylic acid groups (broad SMARTS) is 1. The van der Waals surface area contributed by atoms with Crippen LogP contribution < -0.4 is 0 Å². The fourth-order valence-electron chi connectivity index (χ4n) is 1.27. The summed E-state index contributed by atoms with van der Waals surface area (Å²) in [6.45, 7) is 5.05. The third-order valence-electron chi connectivity index (χ3n) is 2.12. The first-order valence-corrected chi connectivity index (χ1v) is 6.67. The summed E-state index contributed by atoms with van der Waals surface area (Å²) < 4.78 is 0. The maximum Gasteiger partial charge on any atom is 0.314 e. The number of carboxylic acids is 1. The molecular weight excluding hydrogens is 217 g/mol. The van der Waals surface area contributed by atoms with E-state index in [-0.39, 0.29) is 17.5 Å². The zero-order valence-corrected chi connectivity index (χ0v) is 10.2. The molecule has 0 saturated heterocycles. The van der Waals surface area contributed by atoms with Crippen molar-refractivity contribution in [2.24, 2.45) is 11.8 Å². The molecule has 0 spiro atoms. The number of hydrogen-bond donors (Lipinski definition) is 4. The van der Waals surface area contributed by atoms with Gasteiger partial charge in [0.1, 0.15) is 6.16 Å². The summed E-state index contributed by atoms with van der Waals surface area (Å²) in [5.74, 6) is -1.64. The van der Waals surface area contributed by atoms with E-state index in [9.17, 15) is 14.6 Å². The van der Waals surface area contributed by atoms with Crippen LogP contribution in [-0.2, 0) is 4.79 Å². The molecule has 0 saturated carbocycles. The smallest absolute Gasteiger partial charge is 0.314 e. The summed E-state index contributed by atoms with van der Waals surface area (Å²) >= 11 is 0. The summed E-state index contributed by atoms with van der Waals surface area (Å²) in [5, 5.41) is 16.1. The Kier molecular flexibility index (Phi) is 5.35. The molecule has 0 aromatic heterocycles. The summed E-state index contributed by atoms with van der Waals surface area (Å²) in [5.41, 5.74) is -0.225. The topological polar surface area (TPSA) is 102 Å². The highest BCUT2D eigenvalue weighted by Gasteiger charge is 2.42. The Bertz CT molecular complexity index is 252. The second-order valence-corrected chi connectivity index (χ2v) is 6.66. The van der Waals surface area contributed by atoms with Crippen LogP contribution in [0.4, 0.5) is 0 Å². The Morgan fingerprint density at radius 1 is 1.40 bits per heavy atom. The Hall–Kier alpha value is -0.510. The molecule has 5 nitrogen and oxygen atoms in total. The van der Waals surface area contributed by atoms with Crippen LogP contribution >= 0.6 is 7.72 Å². The maximum atomic E-state index is 10.9. The van der Waals surface area contributed by atoms with Gasteiger partial charge in [-0.2, -0.15) is 0 Å². The van der Waals surface area contributed by atoms with Gasteiger partial charge in [-0.1, -0.05) is 13.8 Å². The first kappa shape index (κ1) is 14.5. The first-order valence-electron chi connectivity index (χ1n) is 4.79. The van der Waals surface area contributed by atoms with Gasteiger partial charge in [0, 0.05) is 6.92 Å². The second kappa shape index (κ2) is 5.54. The van der Waals surface area contributed by atoms with Gasteiger partial charge in [0.15, 0.2) is 0 Å². The lowest BCUT2D eigenvalue weighted by Gasteiger charge is -2.17. The zero-order valence-electron chi connectivity index (χ0n) is 9.27. The zero-order chi connectivity index (χ0) is 12.2. The molecular formula is C9H19NO4P+. The SMILES string of the molecule is CC(=N)[P+](O)(O)CC(CC(C)C)C(=O)O. The average molecular weight is 236 g/mol. The summed E-state index contributed by atoms with van der Waals surface area (Å²) in [4.78, 5) is 29.9. The van der Waals surface area contributed by atoms with Crippen molar-refractivity contribution in [3.05, 3.63) is 0 Å². The maximum absolute atomic E-state index is 10.9. The molecule has 0 heterocycles. The lowest BCUT2D eigenvalue weighted by atomic mass is 9.99. The first-order chi connectivity index (χ1) is 6.66. The molecule has 0 rings (SSSR count). The number of aliphatic carboxylic acids is 1. The van der Waals surface area contributed by atoms with Gasteiger partial charge in [-0.3, -0.25) is 10.2 Å². The van der Waals surface area contributed by atoms with E-state index in [0.29, 0.717) is 6.42 Å². The molecule has 15 heavy (non-hydrogen) atoms. The molecule has 0 fully saturated rings. The third kappa shape index (κ3) is 5.21. The monoisotopic (exact) mass is 236 g/mol. The Balaban J connectivity index is 4.54. The quantitative estimate of drug-likeness (QED) is 0.415.